The van der Waals surface area contributed by atoms with Gasteiger partial charge < -0.3 is 0 Å². The normalized spacial score (nSPS) is 11.5. The lowest BCUT2D eigenvalue weighted by molar-refractivity contribution is -0.141. The van der Waals surface area contributed by atoms with Crippen molar-refractivity contribution in [3.05, 3.63) is 63.8 Å². The number of hydrogen-bond acceptors (Lipinski definition) is 9. The minimum atomic E-state index is -5.21. The zero-order chi connectivity index (χ0) is 28.4. The molecule has 15 heteroatoms. The number of carbonyl (C=O) groups excluding carboxylic acids is 6. The largest absolute Gasteiger partial charge is 0.435 e. The standard InChI is InChI=1S/C23H14F3N3O8S/c1-13-2-3-18(14(4-13)7-30)21-19(10-33)22(23(24,25)26)27-29(21)20-15(8-31)5-17(6-16(20)9-32)38(36,37)28(11-34)12-35/h2-12H,1H3. The number of aldehydes is 4. The van der Waals surface area contributed by atoms with E-state index < -0.39 is 54.9 Å². The van der Waals surface area contributed by atoms with Gasteiger partial charge >= 0.3 is 6.18 Å². The van der Waals surface area contributed by atoms with E-state index in [9.17, 15) is 50.4 Å². The molecule has 0 saturated heterocycles. The van der Waals surface area contributed by atoms with Gasteiger partial charge in [0.05, 0.1) is 21.8 Å². The summed E-state index contributed by atoms with van der Waals surface area (Å²) in [5, 5.41) is 3.43. The number of aromatic nitrogens is 2. The molecule has 0 atom stereocenters. The number of imide groups is 1. The molecule has 1 heterocycles. The maximum absolute atomic E-state index is 13.9. The molecular weight excluding hydrogens is 535 g/mol. The highest BCUT2D eigenvalue weighted by atomic mass is 32.2. The summed E-state index contributed by atoms with van der Waals surface area (Å²) in [5.74, 6) is 0. The first kappa shape index (κ1) is 27.8. The van der Waals surface area contributed by atoms with Crippen LogP contribution in [0.15, 0.2) is 35.2 Å². The summed E-state index contributed by atoms with van der Waals surface area (Å²) in [4.78, 5) is 68.7. The van der Waals surface area contributed by atoms with E-state index in [0.29, 0.717) is 28.7 Å². The predicted molar refractivity (Wildman–Crippen MR) is 121 cm³/mol. The van der Waals surface area contributed by atoms with Gasteiger partial charge in [-0.1, -0.05) is 17.7 Å². The topological polar surface area (TPSA) is 158 Å². The zero-order valence-corrected chi connectivity index (χ0v) is 19.8. The fourth-order valence-corrected chi connectivity index (χ4v) is 4.67. The van der Waals surface area contributed by atoms with Gasteiger partial charge in [-0.3, -0.25) is 28.8 Å². The van der Waals surface area contributed by atoms with Crippen molar-refractivity contribution in [2.75, 3.05) is 0 Å². The quantitative estimate of drug-likeness (QED) is 0.346. The van der Waals surface area contributed by atoms with Crippen molar-refractivity contribution in [1.29, 1.82) is 0 Å². The van der Waals surface area contributed by atoms with Crippen LogP contribution >= 0.6 is 0 Å². The molecule has 0 unspecified atom stereocenters. The summed E-state index contributed by atoms with van der Waals surface area (Å²) in [7, 11) is -4.91. The Hall–Kier alpha value is -4.79. The second-order valence-corrected chi connectivity index (χ2v) is 9.42. The molecule has 0 aliphatic rings. The smallest absolute Gasteiger partial charge is 0.298 e. The van der Waals surface area contributed by atoms with Crippen LogP contribution in [0.2, 0.25) is 0 Å². The average molecular weight is 549 g/mol. The first-order valence-electron chi connectivity index (χ1n) is 10.1. The van der Waals surface area contributed by atoms with Crippen LogP contribution in [0.5, 0.6) is 0 Å². The summed E-state index contributed by atoms with van der Waals surface area (Å²) >= 11 is 0. The molecule has 2 aromatic carbocycles. The number of carbonyl (C=O) groups is 6. The fourth-order valence-electron chi connectivity index (χ4n) is 3.65. The van der Waals surface area contributed by atoms with Crippen molar-refractivity contribution in [3.63, 3.8) is 0 Å². The Bertz CT molecular complexity index is 1570. The number of halogens is 3. The van der Waals surface area contributed by atoms with Crippen molar-refractivity contribution >= 4 is 48.0 Å². The van der Waals surface area contributed by atoms with Crippen LogP contribution in [0.4, 0.5) is 13.2 Å². The number of alkyl halides is 3. The van der Waals surface area contributed by atoms with Gasteiger partial charge in [-0.2, -0.15) is 22.6 Å². The third-order valence-electron chi connectivity index (χ3n) is 5.29. The van der Waals surface area contributed by atoms with Gasteiger partial charge in [-0.25, -0.2) is 13.1 Å². The van der Waals surface area contributed by atoms with E-state index in [2.05, 4.69) is 5.10 Å². The fraction of sp³-hybridized carbons (Fsp3) is 0.0870. The molecule has 0 spiro atoms. The summed E-state index contributed by atoms with van der Waals surface area (Å²) in [6, 6.07) is 5.16. The van der Waals surface area contributed by atoms with Gasteiger partial charge in [0.1, 0.15) is 0 Å². The molecule has 2 amide bonds. The lowest BCUT2D eigenvalue weighted by atomic mass is 9.98. The van der Waals surface area contributed by atoms with Gasteiger partial charge in [-0.05, 0) is 25.1 Å². The molecule has 0 aliphatic carbocycles. The van der Waals surface area contributed by atoms with Crippen LogP contribution < -0.4 is 0 Å². The molecule has 38 heavy (non-hydrogen) atoms. The maximum Gasteiger partial charge on any atom is 0.435 e. The van der Waals surface area contributed by atoms with Crippen molar-refractivity contribution in [2.24, 2.45) is 0 Å². The molecule has 1 aromatic heterocycles. The van der Waals surface area contributed by atoms with E-state index in [4.69, 9.17) is 0 Å². The molecule has 0 saturated carbocycles. The second-order valence-electron chi connectivity index (χ2n) is 7.58. The third kappa shape index (κ3) is 4.66. The van der Waals surface area contributed by atoms with Crippen LogP contribution in [0, 0.1) is 6.92 Å². The number of hydrogen-bond donors (Lipinski definition) is 0. The highest BCUT2D eigenvalue weighted by Gasteiger charge is 2.40. The van der Waals surface area contributed by atoms with Crippen LogP contribution in [-0.2, 0) is 25.8 Å². The summed E-state index contributed by atoms with van der Waals surface area (Å²) in [5.41, 5.74) is -5.26. The van der Waals surface area contributed by atoms with Crippen molar-refractivity contribution in [2.45, 2.75) is 18.0 Å². The number of nitrogens with zero attached hydrogens (tertiary/aromatic N) is 3. The molecule has 0 aliphatic heterocycles. The summed E-state index contributed by atoms with van der Waals surface area (Å²) in [6.45, 7) is 1.59. The Morgan fingerprint density at radius 1 is 0.842 bits per heavy atom. The summed E-state index contributed by atoms with van der Waals surface area (Å²) in [6.07, 6.45) is -5.79. The molecule has 3 aromatic rings. The second kappa shape index (κ2) is 10.3. The number of amides is 2. The Morgan fingerprint density at radius 2 is 1.39 bits per heavy atom. The van der Waals surface area contributed by atoms with E-state index in [-0.39, 0.29) is 47.1 Å². The van der Waals surface area contributed by atoms with Crippen molar-refractivity contribution < 1.29 is 50.4 Å². The molecular formula is C23H14F3N3O8S. The van der Waals surface area contributed by atoms with Crippen LogP contribution in [0.25, 0.3) is 16.9 Å². The number of rotatable bonds is 10. The molecule has 196 valence electrons. The average Bonchev–Trinajstić information content (AvgIpc) is 3.27. The SMILES string of the molecule is Cc1ccc(-c2c(C=O)c(C(F)(F)F)nn2-c2c(C=O)cc(S(=O)(=O)N(C=O)C=O)cc2C=O)c(C=O)c1. The Kier molecular flexibility index (Phi) is 7.53. The van der Waals surface area contributed by atoms with E-state index in [1.165, 1.54) is 18.2 Å². The third-order valence-corrected chi connectivity index (χ3v) is 6.85. The van der Waals surface area contributed by atoms with E-state index in [1.54, 1.807) is 6.92 Å². The molecule has 3 rings (SSSR count). The van der Waals surface area contributed by atoms with E-state index in [0.717, 1.165) is 0 Å². The highest BCUT2D eigenvalue weighted by molar-refractivity contribution is 7.90. The molecule has 0 N–H and O–H groups in total. The first-order chi connectivity index (χ1) is 17.9. The Balaban J connectivity index is 2.54. The predicted octanol–water partition coefficient (Wildman–Crippen LogP) is 2.42. The Morgan fingerprint density at radius 3 is 1.84 bits per heavy atom. The minimum absolute atomic E-state index is 0.0113. The lowest BCUT2D eigenvalue weighted by Gasteiger charge is -2.17. The van der Waals surface area contributed by atoms with Gasteiger partial charge in [0.15, 0.2) is 30.8 Å². The van der Waals surface area contributed by atoms with E-state index >= 15 is 0 Å². The van der Waals surface area contributed by atoms with Crippen molar-refractivity contribution in [1.82, 2.24) is 14.1 Å². The number of benzene rings is 2. The van der Waals surface area contributed by atoms with Gasteiger partial charge in [0.2, 0.25) is 12.8 Å². The molecule has 0 bridgehead atoms. The van der Waals surface area contributed by atoms with Crippen LogP contribution in [0.3, 0.4) is 0 Å². The summed E-state index contributed by atoms with van der Waals surface area (Å²) < 4.78 is 66.9. The monoisotopic (exact) mass is 549 g/mol. The van der Waals surface area contributed by atoms with Gasteiger partial charge in [0, 0.05) is 22.3 Å². The van der Waals surface area contributed by atoms with Crippen LogP contribution in [0.1, 0.15) is 52.7 Å². The molecule has 11 nitrogen and oxygen atoms in total. The highest BCUT2D eigenvalue weighted by Crippen LogP contribution is 2.39. The number of aryl methyl sites for hydroxylation is 1. The molecule has 0 fully saturated rings. The lowest BCUT2D eigenvalue weighted by Crippen LogP contribution is -2.28. The van der Waals surface area contributed by atoms with Gasteiger partial charge in [-0.15, -0.1) is 0 Å². The maximum atomic E-state index is 13.9. The van der Waals surface area contributed by atoms with Crippen molar-refractivity contribution in [3.8, 4) is 16.9 Å². The molecule has 0 radical (unpaired) electrons. The number of sulfonamides is 1. The Labute approximate surface area is 211 Å². The zero-order valence-electron chi connectivity index (χ0n) is 19.0. The first-order valence-corrected chi connectivity index (χ1v) is 11.6. The van der Waals surface area contributed by atoms with Gasteiger partial charge in [0.25, 0.3) is 10.0 Å². The van der Waals surface area contributed by atoms with Crippen LogP contribution in [-0.4, -0.2) is 60.5 Å². The van der Waals surface area contributed by atoms with E-state index in [1.807, 2.05) is 0 Å². The minimum Gasteiger partial charge on any atom is -0.298 e.